The van der Waals surface area contributed by atoms with Gasteiger partial charge in [0.05, 0.1) is 0 Å². The van der Waals surface area contributed by atoms with Crippen LogP contribution in [0.15, 0.2) is 0 Å². The van der Waals surface area contributed by atoms with E-state index in [1.807, 2.05) is 6.92 Å². The van der Waals surface area contributed by atoms with Crippen molar-refractivity contribution in [2.24, 2.45) is 5.92 Å². The van der Waals surface area contributed by atoms with Gasteiger partial charge in [-0.3, -0.25) is 0 Å². The molecule has 2 unspecified atom stereocenters. The number of piperidine rings is 1. The summed E-state index contributed by atoms with van der Waals surface area (Å²) in [7, 11) is 0. The zero-order valence-electron chi connectivity index (χ0n) is 6.47. The number of hydrogen-bond acceptors (Lipinski definition) is 2. The Kier molecular flexibility index (Phi) is 2.87. The summed E-state index contributed by atoms with van der Waals surface area (Å²) in [5.74, 6) is 0.195. The highest BCUT2D eigenvalue weighted by atomic mass is 16.1. The molecule has 1 saturated heterocycles. The second-order valence-corrected chi connectivity index (χ2v) is 3.05. The van der Waals surface area contributed by atoms with E-state index in [1.54, 1.807) is 0 Å². The van der Waals surface area contributed by atoms with Gasteiger partial charge in [0, 0.05) is 12.0 Å². The van der Waals surface area contributed by atoms with E-state index >= 15 is 0 Å². The molecular formula is C8H15NO. The fourth-order valence-electron chi connectivity index (χ4n) is 1.42. The topological polar surface area (TPSA) is 29.1 Å². The van der Waals surface area contributed by atoms with Crippen LogP contribution in [0.2, 0.25) is 0 Å². The van der Waals surface area contributed by atoms with Crippen molar-refractivity contribution in [3.05, 3.63) is 0 Å². The van der Waals surface area contributed by atoms with Gasteiger partial charge in [0.1, 0.15) is 6.29 Å². The van der Waals surface area contributed by atoms with Crippen molar-refractivity contribution in [1.29, 1.82) is 0 Å². The van der Waals surface area contributed by atoms with E-state index < -0.39 is 0 Å². The van der Waals surface area contributed by atoms with Crippen LogP contribution in [-0.4, -0.2) is 18.9 Å². The number of nitrogens with one attached hydrogen (secondary N) is 1. The molecule has 0 amide bonds. The molecule has 1 aliphatic rings. The van der Waals surface area contributed by atoms with Gasteiger partial charge in [-0.15, -0.1) is 0 Å². The van der Waals surface area contributed by atoms with Gasteiger partial charge in [-0.2, -0.15) is 0 Å². The molecule has 2 heteroatoms. The van der Waals surface area contributed by atoms with Crippen LogP contribution in [0.1, 0.15) is 26.2 Å². The molecule has 0 aromatic carbocycles. The number of aldehydes is 1. The third kappa shape index (κ3) is 1.81. The maximum atomic E-state index is 10.4. The van der Waals surface area contributed by atoms with Crippen LogP contribution in [0, 0.1) is 5.92 Å². The standard InChI is InChI=1S/C8H15NO/c1-7(6-10)8-4-2-3-5-9-8/h6-9H,2-5H2,1H3. The molecule has 1 heterocycles. The molecule has 0 radical (unpaired) electrons. The predicted octanol–water partition coefficient (Wildman–Crippen LogP) is 0.964. The summed E-state index contributed by atoms with van der Waals surface area (Å²) in [5, 5.41) is 3.34. The zero-order valence-corrected chi connectivity index (χ0v) is 6.47. The maximum Gasteiger partial charge on any atom is 0.124 e. The van der Waals surface area contributed by atoms with Crippen LogP contribution >= 0.6 is 0 Å². The minimum atomic E-state index is 0.195. The molecule has 1 rings (SSSR count). The van der Waals surface area contributed by atoms with E-state index in [1.165, 1.54) is 19.3 Å². The first-order valence-electron chi connectivity index (χ1n) is 4.03. The van der Waals surface area contributed by atoms with E-state index in [-0.39, 0.29) is 5.92 Å². The normalized spacial score (nSPS) is 29.5. The molecule has 1 aliphatic heterocycles. The van der Waals surface area contributed by atoms with Crippen molar-refractivity contribution in [3.8, 4) is 0 Å². The second-order valence-electron chi connectivity index (χ2n) is 3.05. The number of carbonyl (C=O) groups is 1. The van der Waals surface area contributed by atoms with Crippen LogP contribution in [0.4, 0.5) is 0 Å². The summed E-state index contributed by atoms with van der Waals surface area (Å²) in [6.07, 6.45) is 4.75. The Morgan fingerprint density at radius 2 is 2.40 bits per heavy atom. The molecule has 0 saturated carbocycles. The minimum absolute atomic E-state index is 0.195. The van der Waals surface area contributed by atoms with Crippen LogP contribution in [0.3, 0.4) is 0 Å². The molecule has 0 aliphatic carbocycles. The third-order valence-electron chi connectivity index (χ3n) is 2.20. The highest BCUT2D eigenvalue weighted by Gasteiger charge is 2.17. The Morgan fingerprint density at radius 3 is 2.90 bits per heavy atom. The van der Waals surface area contributed by atoms with Crippen molar-refractivity contribution < 1.29 is 4.79 Å². The fraction of sp³-hybridized carbons (Fsp3) is 0.875. The lowest BCUT2D eigenvalue weighted by Gasteiger charge is -2.25. The second kappa shape index (κ2) is 3.71. The van der Waals surface area contributed by atoms with Gasteiger partial charge < -0.3 is 10.1 Å². The van der Waals surface area contributed by atoms with E-state index in [0.717, 1.165) is 12.8 Å². The molecule has 0 aromatic heterocycles. The smallest absolute Gasteiger partial charge is 0.124 e. The molecule has 0 bridgehead atoms. The number of carbonyl (C=O) groups excluding carboxylic acids is 1. The Labute approximate surface area is 62.0 Å². The van der Waals surface area contributed by atoms with Gasteiger partial charge in [0.25, 0.3) is 0 Å². The lowest BCUT2D eigenvalue weighted by molar-refractivity contribution is -0.111. The van der Waals surface area contributed by atoms with Crippen molar-refractivity contribution >= 4 is 6.29 Å². The fourth-order valence-corrected chi connectivity index (χ4v) is 1.42. The highest BCUT2D eigenvalue weighted by Crippen LogP contribution is 2.12. The van der Waals surface area contributed by atoms with Gasteiger partial charge in [0.2, 0.25) is 0 Å². The average molecular weight is 141 g/mol. The quantitative estimate of drug-likeness (QED) is 0.580. The van der Waals surface area contributed by atoms with E-state index in [0.29, 0.717) is 6.04 Å². The highest BCUT2D eigenvalue weighted by molar-refractivity contribution is 5.54. The monoisotopic (exact) mass is 141 g/mol. The Bertz CT molecular complexity index is 108. The first-order valence-corrected chi connectivity index (χ1v) is 4.03. The Hall–Kier alpha value is -0.370. The summed E-state index contributed by atoms with van der Waals surface area (Å²) in [6, 6.07) is 0.450. The number of hydrogen-bond donors (Lipinski definition) is 1. The van der Waals surface area contributed by atoms with Crippen LogP contribution < -0.4 is 5.32 Å². The Balaban J connectivity index is 2.30. The van der Waals surface area contributed by atoms with Crippen molar-refractivity contribution in [2.75, 3.05) is 6.54 Å². The molecular weight excluding hydrogens is 126 g/mol. The first-order chi connectivity index (χ1) is 4.84. The van der Waals surface area contributed by atoms with Gasteiger partial charge in [-0.25, -0.2) is 0 Å². The predicted molar refractivity (Wildman–Crippen MR) is 40.9 cm³/mol. The van der Waals surface area contributed by atoms with E-state index in [4.69, 9.17) is 0 Å². The summed E-state index contributed by atoms with van der Waals surface area (Å²) >= 11 is 0. The average Bonchev–Trinajstić information content (AvgIpc) is 2.05. The molecule has 0 aromatic rings. The molecule has 0 spiro atoms. The molecule has 1 fully saturated rings. The minimum Gasteiger partial charge on any atom is -0.313 e. The van der Waals surface area contributed by atoms with Gasteiger partial charge in [0.15, 0.2) is 0 Å². The zero-order chi connectivity index (χ0) is 7.40. The van der Waals surface area contributed by atoms with Gasteiger partial charge in [-0.1, -0.05) is 13.3 Å². The SMILES string of the molecule is CC(C=O)C1CCCCN1. The lowest BCUT2D eigenvalue weighted by Crippen LogP contribution is -2.39. The van der Waals surface area contributed by atoms with E-state index in [2.05, 4.69) is 5.32 Å². The third-order valence-corrected chi connectivity index (χ3v) is 2.20. The molecule has 2 nitrogen and oxygen atoms in total. The number of rotatable bonds is 2. The van der Waals surface area contributed by atoms with Gasteiger partial charge >= 0.3 is 0 Å². The van der Waals surface area contributed by atoms with Gasteiger partial charge in [-0.05, 0) is 19.4 Å². The van der Waals surface area contributed by atoms with Crippen LogP contribution in [0.25, 0.3) is 0 Å². The summed E-state index contributed by atoms with van der Waals surface area (Å²) in [4.78, 5) is 10.4. The first kappa shape index (κ1) is 7.73. The summed E-state index contributed by atoms with van der Waals surface area (Å²) in [6.45, 7) is 3.07. The Morgan fingerprint density at radius 1 is 1.60 bits per heavy atom. The molecule has 10 heavy (non-hydrogen) atoms. The van der Waals surface area contributed by atoms with Crippen molar-refractivity contribution in [2.45, 2.75) is 32.2 Å². The summed E-state index contributed by atoms with van der Waals surface area (Å²) < 4.78 is 0. The summed E-state index contributed by atoms with van der Waals surface area (Å²) in [5.41, 5.74) is 0. The maximum absolute atomic E-state index is 10.4. The molecule has 2 atom stereocenters. The van der Waals surface area contributed by atoms with Crippen molar-refractivity contribution in [3.63, 3.8) is 0 Å². The largest absolute Gasteiger partial charge is 0.313 e. The van der Waals surface area contributed by atoms with Crippen molar-refractivity contribution in [1.82, 2.24) is 5.32 Å². The van der Waals surface area contributed by atoms with Crippen LogP contribution in [0.5, 0.6) is 0 Å². The molecule has 58 valence electrons. The van der Waals surface area contributed by atoms with E-state index in [9.17, 15) is 4.79 Å². The van der Waals surface area contributed by atoms with Crippen LogP contribution in [-0.2, 0) is 4.79 Å². The lowest BCUT2D eigenvalue weighted by atomic mass is 9.95. The molecule has 1 N–H and O–H groups in total.